The molecule has 0 spiro atoms. The normalized spacial score (nSPS) is 13.3. The van der Waals surface area contributed by atoms with Gasteiger partial charge in [-0.15, -0.1) is 0 Å². The molecule has 1 N–H and O–H groups in total. The van der Waals surface area contributed by atoms with E-state index in [-0.39, 0.29) is 24.0 Å². The van der Waals surface area contributed by atoms with E-state index >= 15 is 0 Å². The van der Waals surface area contributed by atoms with Gasteiger partial charge in [-0.2, -0.15) is 0 Å². The van der Waals surface area contributed by atoms with Crippen molar-refractivity contribution in [2.45, 2.75) is 46.2 Å². The molecule has 0 aliphatic carbocycles. The number of carbonyl (C=O) groups is 2. The predicted molar refractivity (Wildman–Crippen MR) is 91.2 cm³/mol. The molecule has 0 bridgehead atoms. The fraction of sp³-hybridized carbons (Fsp3) is 0.556. The zero-order chi connectivity index (χ0) is 17.6. The molecule has 1 aromatic rings. The Balaban J connectivity index is 2.56. The number of methoxy groups -OCH3 is 1. The molecule has 5 heteroatoms. The van der Waals surface area contributed by atoms with E-state index < -0.39 is 0 Å². The third kappa shape index (κ3) is 5.27. The standard InChI is InChI=1S/C18H28N2O3/c1-12(2)16-9-7-15(8-10-16)11-19-18(22)20(5)14(4)13(3)17(21)23-6/h7-10,12-14H,11H2,1-6H3,(H,19,22)/t13-,14?/m1/s1. The third-order valence-corrected chi connectivity index (χ3v) is 4.32. The first-order valence-electron chi connectivity index (χ1n) is 7.95. The molecule has 0 aliphatic rings. The lowest BCUT2D eigenvalue weighted by molar-refractivity contribution is -0.146. The molecule has 0 aliphatic heterocycles. The van der Waals surface area contributed by atoms with Crippen LogP contribution in [-0.4, -0.2) is 37.1 Å². The summed E-state index contributed by atoms with van der Waals surface area (Å²) in [6, 6.07) is 7.76. The smallest absolute Gasteiger partial charge is 0.317 e. The second-order valence-electron chi connectivity index (χ2n) is 6.22. The zero-order valence-electron chi connectivity index (χ0n) is 14.9. The highest BCUT2D eigenvalue weighted by atomic mass is 16.5. The lowest BCUT2D eigenvalue weighted by atomic mass is 10.0. The van der Waals surface area contributed by atoms with Gasteiger partial charge in [-0.05, 0) is 30.9 Å². The fourth-order valence-electron chi connectivity index (χ4n) is 2.23. The van der Waals surface area contributed by atoms with E-state index in [4.69, 9.17) is 4.74 Å². The maximum atomic E-state index is 12.2. The van der Waals surface area contributed by atoms with Crippen molar-refractivity contribution in [1.29, 1.82) is 0 Å². The van der Waals surface area contributed by atoms with Gasteiger partial charge >= 0.3 is 12.0 Å². The van der Waals surface area contributed by atoms with Gasteiger partial charge in [-0.25, -0.2) is 4.79 Å². The minimum atomic E-state index is -0.374. The van der Waals surface area contributed by atoms with Crippen LogP contribution in [0.1, 0.15) is 44.7 Å². The van der Waals surface area contributed by atoms with E-state index in [1.165, 1.54) is 17.6 Å². The molecule has 2 atom stereocenters. The summed E-state index contributed by atoms with van der Waals surface area (Å²) in [5.41, 5.74) is 2.32. The van der Waals surface area contributed by atoms with Crippen molar-refractivity contribution in [2.75, 3.05) is 14.2 Å². The molecule has 1 unspecified atom stereocenters. The topological polar surface area (TPSA) is 58.6 Å². The Morgan fingerprint density at radius 3 is 2.17 bits per heavy atom. The summed E-state index contributed by atoms with van der Waals surface area (Å²) in [6.45, 7) is 8.34. The average molecular weight is 320 g/mol. The predicted octanol–water partition coefficient (Wildman–Crippen LogP) is 3.15. The summed E-state index contributed by atoms with van der Waals surface area (Å²) in [4.78, 5) is 25.3. The first-order chi connectivity index (χ1) is 10.8. The molecule has 0 saturated heterocycles. The van der Waals surface area contributed by atoms with Crippen LogP contribution in [0.15, 0.2) is 24.3 Å². The summed E-state index contributed by atoms with van der Waals surface area (Å²) in [7, 11) is 3.04. The third-order valence-electron chi connectivity index (χ3n) is 4.32. The van der Waals surface area contributed by atoms with Gasteiger partial charge in [0.15, 0.2) is 0 Å². The Morgan fingerprint density at radius 2 is 1.70 bits per heavy atom. The second kappa shape index (κ2) is 8.56. The first kappa shape index (κ1) is 19.0. The number of urea groups is 1. The van der Waals surface area contributed by atoms with Crippen LogP contribution in [0.5, 0.6) is 0 Å². The number of ether oxygens (including phenoxy) is 1. The van der Waals surface area contributed by atoms with Crippen molar-refractivity contribution in [3.8, 4) is 0 Å². The molecular weight excluding hydrogens is 292 g/mol. The Labute approximate surface area is 139 Å². The van der Waals surface area contributed by atoms with Gasteiger partial charge in [0.05, 0.1) is 13.0 Å². The molecule has 5 nitrogen and oxygen atoms in total. The highest BCUT2D eigenvalue weighted by molar-refractivity contribution is 5.77. The molecule has 23 heavy (non-hydrogen) atoms. The fourth-order valence-corrected chi connectivity index (χ4v) is 2.23. The summed E-state index contributed by atoms with van der Waals surface area (Å²) >= 11 is 0. The largest absolute Gasteiger partial charge is 0.469 e. The van der Waals surface area contributed by atoms with Crippen LogP contribution in [0.4, 0.5) is 4.79 Å². The number of carbonyl (C=O) groups excluding carboxylic acids is 2. The van der Waals surface area contributed by atoms with Crippen LogP contribution >= 0.6 is 0 Å². The van der Waals surface area contributed by atoms with Gasteiger partial charge in [-0.1, -0.05) is 38.1 Å². The molecule has 128 valence electrons. The molecule has 1 rings (SSSR count). The number of nitrogens with zero attached hydrogens (tertiary/aromatic N) is 1. The molecule has 0 aromatic heterocycles. The van der Waals surface area contributed by atoms with E-state index in [9.17, 15) is 9.59 Å². The van der Waals surface area contributed by atoms with Crippen LogP contribution in [0.2, 0.25) is 0 Å². The van der Waals surface area contributed by atoms with Gasteiger partial charge in [0.2, 0.25) is 0 Å². The Bertz CT molecular complexity index is 526. The second-order valence-corrected chi connectivity index (χ2v) is 6.22. The number of benzene rings is 1. The summed E-state index contributed by atoms with van der Waals surface area (Å²) in [5, 5.41) is 2.88. The first-order valence-corrected chi connectivity index (χ1v) is 7.95. The molecule has 2 amide bonds. The number of hydrogen-bond acceptors (Lipinski definition) is 3. The number of amides is 2. The van der Waals surface area contributed by atoms with E-state index in [1.807, 2.05) is 19.1 Å². The van der Waals surface area contributed by atoms with Crippen LogP contribution in [0.3, 0.4) is 0 Å². The van der Waals surface area contributed by atoms with Crippen molar-refractivity contribution in [2.24, 2.45) is 5.92 Å². The maximum Gasteiger partial charge on any atom is 0.317 e. The maximum absolute atomic E-state index is 12.2. The van der Waals surface area contributed by atoms with Crippen molar-refractivity contribution in [3.05, 3.63) is 35.4 Å². The summed E-state index contributed by atoms with van der Waals surface area (Å²) in [6.07, 6.45) is 0. The minimum Gasteiger partial charge on any atom is -0.469 e. The Morgan fingerprint density at radius 1 is 1.13 bits per heavy atom. The monoisotopic (exact) mass is 320 g/mol. The van der Waals surface area contributed by atoms with Gasteiger partial charge in [0.1, 0.15) is 0 Å². The van der Waals surface area contributed by atoms with E-state index in [0.29, 0.717) is 12.5 Å². The van der Waals surface area contributed by atoms with Crippen LogP contribution in [0, 0.1) is 5.92 Å². The lowest BCUT2D eigenvalue weighted by Crippen LogP contribution is -2.46. The van der Waals surface area contributed by atoms with Crippen LogP contribution in [-0.2, 0) is 16.1 Å². The van der Waals surface area contributed by atoms with Gasteiger partial charge < -0.3 is 15.0 Å². The molecular formula is C18H28N2O3. The highest BCUT2D eigenvalue weighted by Crippen LogP contribution is 2.15. The quantitative estimate of drug-likeness (QED) is 0.819. The summed E-state index contributed by atoms with van der Waals surface area (Å²) < 4.78 is 4.73. The Hall–Kier alpha value is -2.04. The number of hydrogen-bond donors (Lipinski definition) is 1. The minimum absolute atomic E-state index is 0.207. The molecule has 1 aromatic carbocycles. The molecule has 0 radical (unpaired) electrons. The Kier molecular flexibility index (Phi) is 7.07. The van der Waals surface area contributed by atoms with E-state index in [2.05, 4.69) is 31.3 Å². The van der Waals surface area contributed by atoms with E-state index in [0.717, 1.165) is 5.56 Å². The van der Waals surface area contributed by atoms with Crippen LogP contribution in [0.25, 0.3) is 0 Å². The highest BCUT2D eigenvalue weighted by Gasteiger charge is 2.26. The van der Waals surface area contributed by atoms with Crippen molar-refractivity contribution >= 4 is 12.0 Å². The van der Waals surface area contributed by atoms with Crippen molar-refractivity contribution in [3.63, 3.8) is 0 Å². The van der Waals surface area contributed by atoms with Gasteiger partial charge in [-0.3, -0.25) is 4.79 Å². The number of rotatable bonds is 6. The van der Waals surface area contributed by atoms with Gasteiger partial charge in [0.25, 0.3) is 0 Å². The lowest BCUT2D eigenvalue weighted by Gasteiger charge is -2.28. The molecule has 0 saturated carbocycles. The number of esters is 1. The van der Waals surface area contributed by atoms with Crippen molar-refractivity contribution in [1.82, 2.24) is 10.2 Å². The van der Waals surface area contributed by atoms with E-state index in [1.54, 1.807) is 14.0 Å². The number of nitrogens with one attached hydrogen (secondary N) is 1. The van der Waals surface area contributed by atoms with Crippen molar-refractivity contribution < 1.29 is 14.3 Å². The molecule has 0 heterocycles. The SMILES string of the molecule is COC(=O)[C@H](C)C(C)N(C)C(=O)NCc1ccc(C(C)C)cc1. The molecule has 0 fully saturated rings. The van der Waals surface area contributed by atoms with Crippen LogP contribution < -0.4 is 5.32 Å². The average Bonchev–Trinajstić information content (AvgIpc) is 2.57. The summed E-state index contributed by atoms with van der Waals surface area (Å²) in [5.74, 6) is -0.201. The van der Waals surface area contributed by atoms with Gasteiger partial charge in [0, 0.05) is 19.6 Å². The zero-order valence-corrected chi connectivity index (χ0v) is 14.9.